The van der Waals surface area contributed by atoms with Crippen LogP contribution >= 0.6 is 35.0 Å². The maximum Gasteiger partial charge on any atom is 0.272 e. The van der Waals surface area contributed by atoms with Crippen molar-refractivity contribution >= 4 is 70.3 Å². The van der Waals surface area contributed by atoms with Gasteiger partial charge in [-0.25, -0.2) is 0 Å². The van der Waals surface area contributed by atoms with Gasteiger partial charge in [0.15, 0.2) is 5.82 Å². The van der Waals surface area contributed by atoms with Crippen molar-refractivity contribution in [3.8, 4) is 0 Å². The normalized spacial score (nSPS) is 11.8. The predicted molar refractivity (Wildman–Crippen MR) is 178 cm³/mol. The lowest BCUT2D eigenvalue weighted by Gasteiger charge is -2.17. The lowest BCUT2D eigenvalue weighted by atomic mass is 10.1. The Morgan fingerprint density at radius 2 is 1.56 bits per heavy atom. The number of nitrogens with zero attached hydrogens (tertiary/aromatic N) is 1. The number of carbonyl (C=O) groups excluding carboxylic acids is 3. The van der Waals surface area contributed by atoms with Gasteiger partial charge in [0, 0.05) is 22.2 Å². The van der Waals surface area contributed by atoms with Crippen LogP contribution in [0.1, 0.15) is 32.5 Å². The SMILES string of the molecule is Cc1cc(NC(=O)C(Sc2cccc(NC(=O)/C(=C\c3cccc(Cl)c3Cl)NC(=O)c3ccccc3)c2)c2ccccc2)no1. The minimum atomic E-state index is -0.639. The van der Waals surface area contributed by atoms with Crippen LogP contribution in [0.25, 0.3) is 6.08 Å². The number of benzene rings is 4. The van der Waals surface area contributed by atoms with Gasteiger partial charge in [0.25, 0.3) is 11.8 Å². The van der Waals surface area contributed by atoms with Gasteiger partial charge in [-0.05, 0) is 60.5 Å². The van der Waals surface area contributed by atoms with Crippen LogP contribution in [0.4, 0.5) is 11.5 Å². The van der Waals surface area contributed by atoms with E-state index in [1.54, 1.807) is 79.7 Å². The van der Waals surface area contributed by atoms with Gasteiger partial charge in [0.1, 0.15) is 16.7 Å². The standard InChI is InChI=1S/C34H26Cl2N4O4S/c1-21-18-29(40-44-21)39-34(43)31(22-10-4-2-5-11-22)45-26-16-9-15-25(20-26)37-33(42)28(19-24-14-8-17-27(35)30(24)36)38-32(41)23-12-6-3-7-13-23/h2-20,31H,1H3,(H,37,42)(H,38,41)(H,39,40,43)/b28-19+. The Morgan fingerprint density at radius 3 is 2.27 bits per heavy atom. The third-order valence-corrected chi connectivity index (χ3v) is 8.46. The Labute approximate surface area is 273 Å². The number of nitrogens with one attached hydrogen (secondary N) is 3. The molecule has 0 radical (unpaired) electrons. The molecule has 1 unspecified atom stereocenters. The number of aryl methyl sites for hydroxylation is 1. The van der Waals surface area contributed by atoms with Crippen LogP contribution in [0.3, 0.4) is 0 Å². The number of halogens is 2. The van der Waals surface area contributed by atoms with E-state index in [1.165, 1.54) is 17.8 Å². The Kier molecular flexibility index (Phi) is 10.4. The summed E-state index contributed by atoms with van der Waals surface area (Å²) in [6.07, 6.45) is 1.46. The Bertz CT molecular complexity index is 1860. The highest BCUT2D eigenvalue weighted by Gasteiger charge is 2.24. The van der Waals surface area contributed by atoms with Gasteiger partial charge in [-0.15, -0.1) is 11.8 Å². The van der Waals surface area contributed by atoms with Gasteiger partial charge >= 0.3 is 0 Å². The first kappa shape index (κ1) is 31.6. The van der Waals surface area contributed by atoms with Crippen molar-refractivity contribution < 1.29 is 18.9 Å². The molecule has 0 bridgehead atoms. The Hall–Kier alpha value is -4.83. The average molecular weight is 658 g/mol. The largest absolute Gasteiger partial charge is 0.360 e. The summed E-state index contributed by atoms with van der Waals surface area (Å²) in [5.74, 6) is -0.462. The fraction of sp³-hybridized carbons (Fsp3) is 0.0588. The molecule has 5 rings (SSSR count). The first-order chi connectivity index (χ1) is 21.8. The number of amides is 3. The molecule has 4 aromatic carbocycles. The second-order valence-electron chi connectivity index (χ2n) is 9.72. The summed E-state index contributed by atoms with van der Waals surface area (Å²) in [5, 5.41) is 12.1. The summed E-state index contributed by atoms with van der Waals surface area (Å²) in [7, 11) is 0. The van der Waals surface area contributed by atoms with Crippen LogP contribution in [-0.2, 0) is 9.59 Å². The van der Waals surface area contributed by atoms with Gasteiger partial charge in [-0.3, -0.25) is 14.4 Å². The van der Waals surface area contributed by atoms with E-state index >= 15 is 0 Å². The summed E-state index contributed by atoms with van der Waals surface area (Å²) in [6, 6.07) is 31.5. The maximum absolute atomic E-state index is 13.6. The molecule has 0 saturated heterocycles. The van der Waals surface area contributed by atoms with Gasteiger partial charge in [0.05, 0.1) is 10.0 Å². The number of anilines is 2. The molecule has 5 aromatic rings. The molecule has 8 nitrogen and oxygen atoms in total. The zero-order chi connectivity index (χ0) is 31.8. The highest BCUT2D eigenvalue weighted by Crippen LogP contribution is 2.37. The van der Waals surface area contributed by atoms with Crippen LogP contribution in [-0.4, -0.2) is 22.9 Å². The quantitative estimate of drug-likeness (QED) is 0.103. The van der Waals surface area contributed by atoms with E-state index in [-0.39, 0.29) is 16.6 Å². The van der Waals surface area contributed by atoms with E-state index in [0.29, 0.717) is 38.3 Å². The molecule has 45 heavy (non-hydrogen) atoms. The molecule has 11 heteroatoms. The summed E-state index contributed by atoms with van der Waals surface area (Å²) in [4.78, 5) is 40.7. The summed E-state index contributed by atoms with van der Waals surface area (Å²) >= 11 is 13.9. The molecular formula is C34H26Cl2N4O4S. The molecule has 1 aromatic heterocycles. The topological polar surface area (TPSA) is 113 Å². The van der Waals surface area contributed by atoms with Gasteiger partial charge in [0.2, 0.25) is 5.91 Å². The van der Waals surface area contributed by atoms with Crippen LogP contribution < -0.4 is 16.0 Å². The average Bonchev–Trinajstić information content (AvgIpc) is 3.46. The van der Waals surface area contributed by atoms with Crippen molar-refractivity contribution in [2.45, 2.75) is 17.1 Å². The number of carbonyl (C=O) groups is 3. The number of rotatable bonds is 10. The molecular weight excluding hydrogens is 631 g/mol. The highest BCUT2D eigenvalue weighted by atomic mass is 35.5. The molecule has 0 aliphatic carbocycles. The van der Waals surface area contributed by atoms with Crippen LogP contribution in [0.15, 0.2) is 124 Å². The lowest BCUT2D eigenvalue weighted by Crippen LogP contribution is -2.30. The van der Waals surface area contributed by atoms with E-state index < -0.39 is 17.1 Å². The van der Waals surface area contributed by atoms with Crippen molar-refractivity contribution in [1.29, 1.82) is 0 Å². The second-order valence-corrected chi connectivity index (χ2v) is 11.7. The summed E-state index contributed by atoms with van der Waals surface area (Å²) < 4.78 is 5.08. The number of hydrogen-bond acceptors (Lipinski definition) is 6. The number of thioether (sulfide) groups is 1. The molecule has 226 valence electrons. The third kappa shape index (κ3) is 8.42. The van der Waals surface area contributed by atoms with Crippen LogP contribution in [0.5, 0.6) is 0 Å². The van der Waals surface area contributed by atoms with E-state index in [0.717, 1.165) is 5.56 Å². The molecule has 0 spiro atoms. The molecule has 0 aliphatic heterocycles. The first-order valence-electron chi connectivity index (χ1n) is 13.7. The van der Waals surface area contributed by atoms with Crippen LogP contribution in [0.2, 0.25) is 10.0 Å². The van der Waals surface area contributed by atoms with Crippen LogP contribution in [0, 0.1) is 6.92 Å². The fourth-order valence-electron chi connectivity index (χ4n) is 4.23. The van der Waals surface area contributed by atoms with Gasteiger partial charge in [-0.1, -0.05) is 95.1 Å². The first-order valence-corrected chi connectivity index (χ1v) is 15.3. The van der Waals surface area contributed by atoms with Gasteiger partial charge in [-0.2, -0.15) is 0 Å². The predicted octanol–water partition coefficient (Wildman–Crippen LogP) is 8.17. The molecule has 0 fully saturated rings. The minimum absolute atomic E-state index is 0.0458. The van der Waals surface area contributed by atoms with Crippen molar-refractivity contribution in [3.63, 3.8) is 0 Å². The lowest BCUT2D eigenvalue weighted by molar-refractivity contribution is -0.116. The highest BCUT2D eigenvalue weighted by molar-refractivity contribution is 8.00. The fourth-order valence-corrected chi connectivity index (χ4v) is 5.68. The summed E-state index contributed by atoms with van der Waals surface area (Å²) in [6.45, 7) is 1.74. The number of hydrogen-bond donors (Lipinski definition) is 3. The Morgan fingerprint density at radius 1 is 0.844 bits per heavy atom. The van der Waals surface area contributed by atoms with E-state index in [4.69, 9.17) is 27.7 Å². The minimum Gasteiger partial charge on any atom is -0.360 e. The zero-order valence-corrected chi connectivity index (χ0v) is 26.1. The van der Waals surface area contributed by atoms with E-state index in [2.05, 4.69) is 21.1 Å². The molecule has 0 saturated carbocycles. The zero-order valence-electron chi connectivity index (χ0n) is 23.8. The van der Waals surface area contributed by atoms with Crippen molar-refractivity contribution in [2.75, 3.05) is 10.6 Å². The number of aromatic nitrogens is 1. The van der Waals surface area contributed by atoms with E-state index in [1.807, 2.05) is 36.4 Å². The Balaban J connectivity index is 1.39. The molecule has 3 amide bonds. The van der Waals surface area contributed by atoms with Crippen molar-refractivity contribution in [3.05, 3.63) is 147 Å². The maximum atomic E-state index is 13.6. The van der Waals surface area contributed by atoms with Gasteiger partial charge < -0.3 is 20.5 Å². The van der Waals surface area contributed by atoms with E-state index in [9.17, 15) is 14.4 Å². The second kappa shape index (κ2) is 14.8. The summed E-state index contributed by atoms with van der Waals surface area (Å²) in [5.41, 5.74) is 2.00. The smallest absolute Gasteiger partial charge is 0.272 e. The molecule has 3 N–H and O–H groups in total. The monoisotopic (exact) mass is 656 g/mol. The molecule has 0 aliphatic rings. The molecule has 1 heterocycles. The van der Waals surface area contributed by atoms with Crippen molar-refractivity contribution in [1.82, 2.24) is 10.5 Å². The van der Waals surface area contributed by atoms with Crippen molar-refractivity contribution in [2.24, 2.45) is 0 Å². The third-order valence-electron chi connectivity index (χ3n) is 6.38. The molecule has 1 atom stereocenters.